The second kappa shape index (κ2) is 4.61. The molecular formula is C12H10BrNO2. The molecule has 82 valence electrons. The smallest absolute Gasteiger partial charge is 0.179 e. The Labute approximate surface area is 102 Å². The zero-order valence-electron chi connectivity index (χ0n) is 8.74. The van der Waals surface area contributed by atoms with E-state index in [9.17, 15) is 4.79 Å². The third kappa shape index (κ3) is 2.39. The van der Waals surface area contributed by atoms with Gasteiger partial charge in [-0.05, 0) is 40.5 Å². The topological polar surface area (TPSA) is 43.1 Å². The molecule has 2 rings (SSSR count). The Morgan fingerprint density at radius 1 is 1.44 bits per heavy atom. The summed E-state index contributed by atoms with van der Waals surface area (Å²) in [5.74, 6) is -0.00280. The summed E-state index contributed by atoms with van der Waals surface area (Å²) in [5, 5.41) is 0. The van der Waals surface area contributed by atoms with Crippen LogP contribution < -0.4 is 0 Å². The molecule has 2 heterocycles. The van der Waals surface area contributed by atoms with E-state index in [1.54, 1.807) is 12.3 Å². The highest BCUT2D eigenvalue weighted by molar-refractivity contribution is 9.10. The van der Waals surface area contributed by atoms with Gasteiger partial charge in [0, 0.05) is 11.9 Å². The van der Waals surface area contributed by atoms with Gasteiger partial charge >= 0.3 is 0 Å². The first-order valence-electron chi connectivity index (χ1n) is 4.84. The van der Waals surface area contributed by atoms with Gasteiger partial charge in [-0.25, -0.2) is 0 Å². The minimum absolute atomic E-state index is 0.00280. The summed E-state index contributed by atoms with van der Waals surface area (Å²) in [6.07, 6.45) is 3.53. The van der Waals surface area contributed by atoms with Crippen LogP contribution in [0.5, 0.6) is 0 Å². The Morgan fingerprint density at radius 3 is 2.81 bits per heavy atom. The molecule has 2 aromatic rings. The zero-order valence-corrected chi connectivity index (χ0v) is 10.3. The maximum Gasteiger partial charge on any atom is 0.179 e. The molecule has 0 fully saturated rings. The number of aryl methyl sites for hydroxylation is 1. The molecule has 0 N–H and O–H groups in total. The lowest BCUT2D eigenvalue weighted by Gasteiger charge is -1.99. The van der Waals surface area contributed by atoms with Crippen molar-refractivity contribution >= 4 is 21.7 Å². The van der Waals surface area contributed by atoms with Gasteiger partial charge in [-0.3, -0.25) is 9.78 Å². The van der Waals surface area contributed by atoms with Crippen LogP contribution >= 0.6 is 15.9 Å². The third-order valence-corrected chi connectivity index (χ3v) is 2.85. The van der Waals surface area contributed by atoms with Gasteiger partial charge in [0.2, 0.25) is 0 Å². The van der Waals surface area contributed by atoms with Crippen LogP contribution in [0.25, 0.3) is 0 Å². The largest absolute Gasteiger partial charge is 0.457 e. The van der Waals surface area contributed by atoms with Crippen LogP contribution in [0.15, 0.2) is 39.7 Å². The van der Waals surface area contributed by atoms with Crippen LogP contribution in [0.3, 0.4) is 0 Å². The first-order valence-corrected chi connectivity index (χ1v) is 5.64. The predicted molar refractivity (Wildman–Crippen MR) is 63.4 cm³/mol. The van der Waals surface area contributed by atoms with Crippen molar-refractivity contribution in [3.8, 4) is 0 Å². The lowest BCUT2D eigenvalue weighted by molar-refractivity contribution is 0.0990. The number of hydrogen-bond donors (Lipinski definition) is 0. The standard InChI is InChI=1S/C12H10BrNO2/c1-8-2-3-9(14-7-8)6-11(15)10-4-5-16-12(10)13/h2-5,7H,6H2,1H3. The number of carbonyl (C=O) groups is 1. The molecule has 0 bridgehead atoms. The van der Waals surface area contributed by atoms with Gasteiger partial charge in [-0.2, -0.15) is 0 Å². The molecule has 0 aliphatic carbocycles. The summed E-state index contributed by atoms with van der Waals surface area (Å²) < 4.78 is 5.49. The molecule has 0 aliphatic heterocycles. The van der Waals surface area contributed by atoms with Crippen molar-refractivity contribution in [3.05, 3.63) is 52.1 Å². The van der Waals surface area contributed by atoms with Crippen molar-refractivity contribution < 1.29 is 9.21 Å². The molecule has 0 spiro atoms. The Morgan fingerprint density at radius 2 is 2.25 bits per heavy atom. The Hall–Kier alpha value is -1.42. The number of furan rings is 1. The summed E-state index contributed by atoms with van der Waals surface area (Å²) in [7, 11) is 0. The van der Waals surface area contributed by atoms with Crippen LogP contribution in [-0.2, 0) is 6.42 Å². The van der Waals surface area contributed by atoms with E-state index in [1.807, 2.05) is 19.1 Å². The summed E-state index contributed by atoms with van der Waals surface area (Å²) >= 11 is 3.18. The second-order valence-electron chi connectivity index (χ2n) is 3.53. The van der Waals surface area contributed by atoms with E-state index in [0.717, 1.165) is 11.3 Å². The van der Waals surface area contributed by atoms with Crippen molar-refractivity contribution in [3.63, 3.8) is 0 Å². The van der Waals surface area contributed by atoms with Crippen LogP contribution in [0.4, 0.5) is 0 Å². The summed E-state index contributed by atoms with van der Waals surface area (Å²) in [5.41, 5.74) is 2.41. The maximum atomic E-state index is 11.9. The van der Waals surface area contributed by atoms with Crippen molar-refractivity contribution in [2.75, 3.05) is 0 Å². The van der Waals surface area contributed by atoms with E-state index >= 15 is 0 Å². The molecular weight excluding hydrogens is 270 g/mol. The summed E-state index contributed by atoms with van der Waals surface area (Å²) in [6, 6.07) is 5.46. The second-order valence-corrected chi connectivity index (χ2v) is 4.26. The lowest BCUT2D eigenvalue weighted by Crippen LogP contribution is -2.04. The van der Waals surface area contributed by atoms with Gasteiger partial charge in [0.15, 0.2) is 10.5 Å². The number of nitrogens with zero attached hydrogens (tertiary/aromatic N) is 1. The fourth-order valence-corrected chi connectivity index (χ4v) is 1.82. The molecule has 3 nitrogen and oxygen atoms in total. The number of halogens is 1. The lowest BCUT2D eigenvalue weighted by atomic mass is 10.1. The highest BCUT2D eigenvalue weighted by atomic mass is 79.9. The Kier molecular flexibility index (Phi) is 3.19. The van der Waals surface area contributed by atoms with Crippen molar-refractivity contribution in [2.24, 2.45) is 0 Å². The van der Waals surface area contributed by atoms with Crippen LogP contribution in [0.1, 0.15) is 21.6 Å². The minimum atomic E-state index is -0.00280. The van der Waals surface area contributed by atoms with E-state index in [1.165, 1.54) is 6.26 Å². The first kappa shape index (κ1) is 11.1. The Balaban J connectivity index is 2.14. The average Bonchev–Trinajstić information content (AvgIpc) is 2.68. The number of ketones is 1. The van der Waals surface area contributed by atoms with Crippen molar-refractivity contribution in [2.45, 2.75) is 13.3 Å². The number of aromatic nitrogens is 1. The molecule has 0 radical (unpaired) electrons. The fraction of sp³-hybridized carbons (Fsp3) is 0.167. The zero-order chi connectivity index (χ0) is 11.5. The monoisotopic (exact) mass is 279 g/mol. The van der Waals surface area contributed by atoms with E-state index in [4.69, 9.17) is 4.42 Å². The summed E-state index contributed by atoms with van der Waals surface area (Å²) in [4.78, 5) is 16.0. The van der Waals surface area contributed by atoms with E-state index in [-0.39, 0.29) is 5.78 Å². The molecule has 0 amide bonds. The number of carbonyl (C=O) groups excluding carboxylic acids is 1. The SMILES string of the molecule is Cc1ccc(CC(=O)c2ccoc2Br)nc1. The van der Waals surface area contributed by atoms with Crippen LogP contribution in [-0.4, -0.2) is 10.8 Å². The van der Waals surface area contributed by atoms with E-state index < -0.39 is 0 Å². The van der Waals surface area contributed by atoms with Gasteiger partial charge < -0.3 is 4.42 Å². The van der Waals surface area contributed by atoms with Crippen molar-refractivity contribution in [1.82, 2.24) is 4.98 Å². The van der Waals surface area contributed by atoms with Crippen LogP contribution in [0, 0.1) is 6.92 Å². The first-order chi connectivity index (χ1) is 7.66. The normalized spacial score (nSPS) is 10.4. The molecule has 0 saturated carbocycles. The number of hydrogen-bond acceptors (Lipinski definition) is 3. The van der Waals surface area contributed by atoms with Gasteiger partial charge in [-0.15, -0.1) is 0 Å². The number of Topliss-reactive ketones (excluding diaryl/α,β-unsaturated/α-hetero) is 1. The fourth-order valence-electron chi connectivity index (χ4n) is 1.36. The molecule has 4 heteroatoms. The highest BCUT2D eigenvalue weighted by Gasteiger charge is 2.13. The summed E-state index contributed by atoms with van der Waals surface area (Å²) in [6.45, 7) is 1.96. The average molecular weight is 280 g/mol. The molecule has 16 heavy (non-hydrogen) atoms. The number of rotatable bonds is 3. The molecule has 0 saturated heterocycles. The van der Waals surface area contributed by atoms with Crippen molar-refractivity contribution in [1.29, 1.82) is 0 Å². The highest BCUT2D eigenvalue weighted by Crippen LogP contribution is 2.19. The third-order valence-electron chi connectivity index (χ3n) is 2.23. The minimum Gasteiger partial charge on any atom is -0.457 e. The quantitative estimate of drug-likeness (QED) is 0.811. The van der Waals surface area contributed by atoms with Gasteiger partial charge in [-0.1, -0.05) is 6.07 Å². The molecule has 0 aliphatic rings. The predicted octanol–water partition coefficient (Wildman–Crippen LogP) is 3.17. The Bertz CT molecular complexity index is 502. The van der Waals surface area contributed by atoms with Gasteiger partial charge in [0.05, 0.1) is 18.2 Å². The maximum absolute atomic E-state index is 11.9. The molecule has 2 aromatic heterocycles. The van der Waals surface area contributed by atoms with E-state index in [0.29, 0.717) is 16.7 Å². The van der Waals surface area contributed by atoms with Crippen LogP contribution in [0.2, 0.25) is 0 Å². The van der Waals surface area contributed by atoms with E-state index in [2.05, 4.69) is 20.9 Å². The number of pyridine rings is 1. The molecule has 0 atom stereocenters. The van der Waals surface area contributed by atoms with Gasteiger partial charge in [0.1, 0.15) is 0 Å². The molecule has 0 unspecified atom stereocenters. The van der Waals surface area contributed by atoms with Gasteiger partial charge in [0.25, 0.3) is 0 Å². The molecule has 0 aromatic carbocycles.